The molecule has 4 aromatic rings. The van der Waals surface area contributed by atoms with Crippen molar-refractivity contribution in [3.8, 4) is 11.4 Å². The maximum absolute atomic E-state index is 12.6. The van der Waals surface area contributed by atoms with Gasteiger partial charge in [0.1, 0.15) is 5.82 Å². The minimum absolute atomic E-state index is 0.307. The number of nitrogens with one attached hydrogen (secondary N) is 2. The zero-order valence-corrected chi connectivity index (χ0v) is 18.8. The topological polar surface area (TPSA) is 84.1 Å². The molecule has 8 heteroatoms. The molecule has 0 radical (unpaired) electrons. The molecule has 0 aliphatic carbocycles. The molecule has 162 valence electrons. The zero-order chi connectivity index (χ0) is 22.8. The lowest BCUT2D eigenvalue weighted by atomic mass is 10.1. The molecule has 1 atom stereocenters. The average Bonchev–Trinajstić information content (AvgIpc) is 3.16. The molecule has 32 heavy (non-hydrogen) atoms. The Morgan fingerprint density at radius 3 is 2.38 bits per heavy atom. The van der Waals surface area contributed by atoms with Gasteiger partial charge in [0.05, 0.1) is 16.6 Å². The van der Waals surface area contributed by atoms with Crippen LogP contribution in [0.25, 0.3) is 22.4 Å². The minimum atomic E-state index is -1.03. The fraction of sp³-hybridized carbons (Fsp3) is 0.125. The van der Waals surface area contributed by atoms with E-state index in [0.717, 1.165) is 16.6 Å². The molecule has 3 aromatic carbocycles. The third-order valence-corrected chi connectivity index (χ3v) is 5.26. The van der Waals surface area contributed by atoms with E-state index < -0.39 is 18.0 Å². The number of H-pyrrole nitrogens is 1. The van der Waals surface area contributed by atoms with Crippen LogP contribution in [0.4, 0.5) is 5.69 Å². The van der Waals surface area contributed by atoms with Crippen LogP contribution in [0, 0.1) is 6.92 Å². The number of rotatable bonds is 5. The number of hydrogen-bond donors (Lipinski definition) is 2. The number of imidazole rings is 1. The molecule has 1 amide bonds. The summed E-state index contributed by atoms with van der Waals surface area (Å²) in [6.07, 6.45) is -1.03. The van der Waals surface area contributed by atoms with Crippen molar-refractivity contribution in [2.45, 2.75) is 20.0 Å². The van der Waals surface area contributed by atoms with Gasteiger partial charge >= 0.3 is 5.97 Å². The smallest absolute Gasteiger partial charge is 0.338 e. The molecule has 1 heterocycles. The molecule has 0 bridgehead atoms. The number of aromatic nitrogens is 2. The predicted molar refractivity (Wildman–Crippen MR) is 126 cm³/mol. The molecular weight excluding hydrogens is 449 g/mol. The predicted octanol–water partition coefficient (Wildman–Crippen LogP) is 6.03. The van der Waals surface area contributed by atoms with Gasteiger partial charge in [0.15, 0.2) is 6.10 Å². The number of nitrogens with zero attached hydrogens (tertiary/aromatic N) is 1. The van der Waals surface area contributed by atoms with Gasteiger partial charge in [-0.05, 0) is 50.2 Å². The Bertz CT molecular complexity index is 1300. The van der Waals surface area contributed by atoms with Crippen LogP contribution >= 0.6 is 23.2 Å². The number of aromatic amines is 1. The Morgan fingerprint density at radius 2 is 1.69 bits per heavy atom. The summed E-state index contributed by atoms with van der Waals surface area (Å²) in [6, 6.07) is 17.6. The van der Waals surface area contributed by atoms with Crippen LogP contribution in [-0.2, 0) is 9.53 Å². The van der Waals surface area contributed by atoms with Crippen molar-refractivity contribution in [2.75, 3.05) is 5.32 Å². The summed E-state index contributed by atoms with van der Waals surface area (Å²) in [5.41, 5.74) is 4.25. The van der Waals surface area contributed by atoms with Crippen LogP contribution in [0.3, 0.4) is 0 Å². The van der Waals surface area contributed by atoms with Gasteiger partial charge in [-0.3, -0.25) is 4.79 Å². The van der Waals surface area contributed by atoms with Gasteiger partial charge in [0.2, 0.25) is 0 Å². The number of carbonyl (C=O) groups is 2. The number of aryl methyl sites for hydroxylation is 1. The monoisotopic (exact) mass is 467 g/mol. The van der Waals surface area contributed by atoms with Gasteiger partial charge in [-0.2, -0.15) is 0 Å². The Kier molecular flexibility index (Phi) is 6.17. The van der Waals surface area contributed by atoms with E-state index in [-0.39, 0.29) is 0 Å². The summed E-state index contributed by atoms with van der Waals surface area (Å²) in [4.78, 5) is 32.8. The highest BCUT2D eigenvalue weighted by Gasteiger charge is 2.20. The number of fused-ring (bicyclic) bond motifs is 1. The van der Waals surface area contributed by atoms with Crippen molar-refractivity contribution in [3.63, 3.8) is 0 Å². The number of hydrogen-bond acceptors (Lipinski definition) is 4. The van der Waals surface area contributed by atoms with Crippen molar-refractivity contribution in [2.24, 2.45) is 0 Å². The van der Waals surface area contributed by atoms with Crippen molar-refractivity contribution < 1.29 is 14.3 Å². The summed E-state index contributed by atoms with van der Waals surface area (Å²) in [5, 5.41) is 3.40. The van der Waals surface area contributed by atoms with Crippen LogP contribution in [0.2, 0.25) is 10.0 Å². The van der Waals surface area contributed by atoms with Crippen molar-refractivity contribution >= 4 is 51.8 Å². The fourth-order valence-electron chi connectivity index (χ4n) is 3.14. The highest BCUT2D eigenvalue weighted by atomic mass is 35.5. The molecule has 0 fully saturated rings. The molecule has 0 saturated carbocycles. The molecule has 2 N–H and O–H groups in total. The van der Waals surface area contributed by atoms with Gasteiger partial charge < -0.3 is 15.0 Å². The van der Waals surface area contributed by atoms with E-state index in [0.29, 0.717) is 32.6 Å². The second-order valence-corrected chi connectivity index (χ2v) is 8.25. The van der Waals surface area contributed by atoms with E-state index in [1.807, 2.05) is 31.2 Å². The normalized spacial score (nSPS) is 11.9. The molecule has 0 aliphatic rings. The molecule has 0 saturated heterocycles. The molecule has 0 aliphatic heterocycles. The first-order valence-electron chi connectivity index (χ1n) is 9.83. The second-order valence-electron chi connectivity index (χ2n) is 7.38. The standard InChI is InChI=1S/C24H19Cl2N3O3/c1-13-3-5-15(6-4-13)22-28-20-8-7-16(9-21(20)29-22)24(31)32-14(2)23(30)27-19-11-17(25)10-18(26)12-19/h3-12,14H,1-2H3,(H,27,30)(H,28,29). The van der Waals surface area contributed by atoms with Crippen molar-refractivity contribution in [3.05, 3.63) is 81.8 Å². The van der Waals surface area contributed by atoms with Crippen LogP contribution in [-0.4, -0.2) is 27.9 Å². The van der Waals surface area contributed by atoms with Gasteiger partial charge in [-0.1, -0.05) is 53.0 Å². The van der Waals surface area contributed by atoms with Crippen molar-refractivity contribution in [1.82, 2.24) is 9.97 Å². The summed E-state index contributed by atoms with van der Waals surface area (Å²) >= 11 is 11.9. The van der Waals surface area contributed by atoms with E-state index in [4.69, 9.17) is 27.9 Å². The summed E-state index contributed by atoms with van der Waals surface area (Å²) < 4.78 is 5.33. The Labute approximate surface area is 194 Å². The third kappa shape index (κ3) is 4.93. The van der Waals surface area contributed by atoms with E-state index in [9.17, 15) is 9.59 Å². The highest BCUT2D eigenvalue weighted by Crippen LogP contribution is 2.24. The number of benzene rings is 3. The largest absolute Gasteiger partial charge is 0.449 e. The first kappa shape index (κ1) is 21.9. The van der Waals surface area contributed by atoms with Crippen LogP contribution < -0.4 is 5.32 Å². The summed E-state index contributed by atoms with van der Waals surface area (Å²) in [5.74, 6) is -0.412. The maximum atomic E-state index is 12.6. The lowest BCUT2D eigenvalue weighted by Gasteiger charge is -2.14. The van der Waals surface area contributed by atoms with Gasteiger partial charge in [0, 0.05) is 21.3 Å². The lowest BCUT2D eigenvalue weighted by molar-refractivity contribution is -0.123. The number of ether oxygens (including phenoxy) is 1. The second kappa shape index (κ2) is 9.02. The number of carbonyl (C=O) groups excluding carboxylic acids is 2. The summed E-state index contributed by atoms with van der Waals surface area (Å²) in [7, 11) is 0. The van der Waals surface area contributed by atoms with Crippen LogP contribution in [0.5, 0.6) is 0 Å². The summed E-state index contributed by atoms with van der Waals surface area (Å²) in [6.45, 7) is 3.51. The minimum Gasteiger partial charge on any atom is -0.449 e. The number of halogens is 2. The van der Waals surface area contributed by atoms with Gasteiger partial charge in [0.25, 0.3) is 5.91 Å². The number of anilines is 1. The van der Waals surface area contributed by atoms with Crippen LogP contribution in [0.1, 0.15) is 22.8 Å². The SMILES string of the molecule is Cc1ccc(-c2nc3ccc(C(=O)OC(C)C(=O)Nc4cc(Cl)cc(Cl)c4)cc3[nH]2)cc1. The maximum Gasteiger partial charge on any atom is 0.338 e. The molecule has 1 unspecified atom stereocenters. The van der Waals surface area contributed by atoms with Crippen LogP contribution in [0.15, 0.2) is 60.7 Å². The fourth-order valence-corrected chi connectivity index (χ4v) is 3.66. The Balaban J connectivity index is 1.46. The quantitative estimate of drug-likeness (QED) is 0.351. The molecule has 4 rings (SSSR count). The lowest BCUT2D eigenvalue weighted by Crippen LogP contribution is -2.30. The van der Waals surface area contributed by atoms with E-state index in [1.54, 1.807) is 36.4 Å². The Morgan fingerprint density at radius 1 is 1.00 bits per heavy atom. The van der Waals surface area contributed by atoms with E-state index >= 15 is 0 Å². The van der Waals surface area contributed by atoms with Crippen molar-refractivity contribution in [1.29, 1.82) is 0 Å². The molecule has 1 aromatic heterocycles. The zero-order valence-electron chi connectivity index (χ0n) is 17.3. The molecular formula is C24H19Cl2N3O3. The third-order valence-electron chi connectivity index (χ3n) is 4.83. The van der Waals surface area contributed by atoms with E-state index in [1.165, 1.54) is 6.92 Å². The molecule has 0 spiro atoms. The number of esters is 1. The first-order valence-corrected chi connectivity index (χ1v) is 10.6. The average molecular weight is 468 g/mol. The highest BCUT2D eigenvalue weighted by molar-refractivity contribution is 6.35. The van der Waals surface area contributed by atoms with E-state index in [2.05, 4.69) is 15.3 Å². The van der Waals surface area contributed by atoms with Gasteiger partial charge in [-0.15, -0.1) is 0 Å². The Hall–Kier alpha value is -3.35. The number of amides is 1. The molecule has 6 nitrogen and oxygen atoms in total. The van der Waals surface area contributed by atoms with Gasteiger partial charge in [-0.25, -0.2) is 9.78 Å². The first-order chi connectivity index (χ1) is 15.3.